The van der Waals surface area contributed by atoms with Crippen LogP contribution >= 0.6 is 15.9 Å². The van der Waals surface area contributed by atoms with E-state index in [1.165, 1.54) is 0 Å². The number of pyridine rings is 1. The van der Waals surface area contributed by atoms with Gasteiger partial charge in [0.2, 0.25) is 0 Å². The summed E-state index contributed by atoms with van der Waals surface area (Å²) in [5, 5.41) is 4.09. The van der Waals surface area contributed by atoms with Gasteiger partial charge in [-0.05, 0) is 53.4 Å². The topological polar surface area (TPSA) is 72.1 Å². The van der Waals surface area contributed by atoms with Crippen molar-refractivity contribution in [2.45, 2.75) is 31.7 Å². The van der Waals surface area contributed by atoms with E-state index in [0.717, 1.165) is 35.8 Å². The molecule has 1 aliphatic heterocycles. The first-order valence-electron chi connectivity index (χ1n) is 9.00. The van der Waals surface area contributed by atoms with Crippen molar-refractivity contribution in [1.29, 1.82) is 0 Å². The molecule has 0 radical (unpaired) electrons. The maximum Gasteiger partial charge on any atom is 0.257 e. The van der Waals surface area contributed by atoms with E-state index in [0.29, 0.717) is 23.7 Å². The van der Waals surface area contributed by atoms with Crippen LogP contribution in [0.1, 0.15) is 35.4 Å². The van der Waals surface area contributed by atoms with Crippen molar-refractivity contribution >= 4 is 21.8 Å². The molecule has 0 bridgehead atoms. The highest BCUT2D eigenvalue weighted by Gasteiger charge is 2.29. The van der Waals surface area contributed by atoms with Crippen LogP contribution in [-0.2, 0) is 6.42 Å². The van der Waals surface area contributed by atoms with Crippen molar-refractivity contribution in [2.24, 2.45) is 0 Å². The molecular weight excluding hydrogens is 408 g/mol. The van der Waals surface area contributed by atoms with E-state index in [2.05, 4.69) is 31.1 Å². The number of likely N-dealkylation sites (tertiary alicyclic amines) is 1. The van der Waals surface area contributed by atoms with E-state index in [1.807, 2.05) is 41.3 Å². The highest BCUT2D eigenvalue weighted by atomic mass is 79.9. The molecule has 1 unspecified atom stereocenters. The predicted octanol–water partition coefficient (Wildman–Crippen LogP) is 4.13. The van der Waals surface area contributed by atoms with E-state index in [1.54, 1.807) is 12.4 Å². The molecule has 1 atom stereocenters. The highest BCUT2D eigenvalue weighted by molar-refractivity contribution is 9.10. The molecule has 1 fully saturated rings. The lowest BCUT2D eigenvalue weighted by Gasteiger charge is -2.24. The first kappa shape index (κ1) is 17.9. The van der Waals surface area contributed by atoms with Crippen LogP contribution in [0.2, 0.25) is 0 Å². The van der Waals surface area contributed by atoms with Crippen LogP contribution in [-0.4, -0.2) is 38.5 Å². The molecule has 0 spiro atoms. The fourth-order valence-electron chi connectivity index (χ4n) is 3.45. The largest absolute Gasteiger partial charge is 0.336 e. The Labute approximate surface area is 165 Å². The Bertz CT molecular complexity index is 928. The van der Waals surface area contributed by atoms with Crippen LogP contribution in [0.15, 0.2) is 57.8 Å². The number of amides is 1. The summed E-state index contributed by atoms with van der Waals surface area (Å²) >= 11 is 3.38. The Hall–Kier alpha value is -2.54. The lowest BCUT2D eigenvalue weighted by molar-refractivity contribution is 0.0729. The molecule has 7 heteroatoms. The minimum atomic E-state index is 0.0318. The third-order valence-electron chi connectivity index (χ3n) is 4.78. The van der Waals surface area contributed by atoms with Gasteiger partial charge >= 0.3 is 0 Å². The van der Waals surface area contributed by atoms with Gasteiger partial charge in [-0.15, -0.1) is 0 Å². The second-order valence-electron chi connectivity index (χ2n) is 6.61. The molecule has 2 aromatic heterocycles. The second kappa shape index (κ2) is 8.00. The number of hydrogen-bond donors (Lipinski definition) is 0. The average molecular weight is 427 g/mol. The van der Waals surface area contributed by atoms with Crippen LogP contribution in [0.3, 0.4) is 0 Å². The summed E-state index contributed by atoms with van der Waals surface area (Å²) < 4.78 is 6.18. The SMILES string of the molecule is O=C(c1cncc(Br)c1)N1CCCC1CCc1noc(-c2ccccc2)n1. The number of aromatic nitrogens is 3. The molecule has 1 amide bonds. The van der Waals surface area contributed by atoms with Gasteiger partial charge in [0.25, 0.3) is 11.8 Å². The van der Waals surface area contributed by atoms with Crippen molar-refractivity contribution in [2.75, 3.05) is 6.54 Å². The normalized spacial score (nSPS) is 16.6. The third kappa shape index (κ3) is 4.08. The number of halogens is 1. The van der Waals surface area contributed by atoms with Crippen LogP contribution in [0.25, 0.3) is 11.5 Å². The molecule has 1 aliphatic rings. The zero-order chi connectivity index (χ0) is 18.6. The summed E-state index contributed by atoms with van der Waals surface area (Å²) in [6.45, 7) is 0.775. The summed E-state index contributed by atoms with van der Waals surface area (Å²) in [5.41, 5.74) is 1.53. The van der Waals surface area contributed by atoms with Crippen molar-refractivity contribution < 1.29 is 9.32 Å². The Morgan fingerprint density at radius 3 is 2.93 bits per heavy atom. The zero-order valence-corrected chi connectivity index (χ0v) is 16.3. The second-order valence-corrected chi connectivity index (χ2v) is 7.52. The molecule has 0 N–H and O–H groups in total. The predicted molar refractivity (Wildman–Crippen MR) is 104 cm³/mol. The van der Waals surface area contributed by atoms with Gasteiger partial charge in [-0.1, -0.05) is 23.4 Å². The van der Waals surface area contributed by atoms with Gasteiger partial charge in [-0.3, -0.25) is 9.78 Å². The summed E-state index contributed by atoms with van der Waals surface area (Å²) in [6, 6.07) is 11.7. The Kier molecular flexibility index (Phi) is 5.29. The van der Waals surface area contributed by atoms with E-state index in [-0.39, 0.29) is 11.9 Å². The number of carbonyl (C=O) groups excluding carboxylic acids is 1. The molecular formula is C20H19BrN4O2. The fraction of sp³-hybridized carbons (Fsp3) is 0.300. The molecule has 27 heavy (non-hydrogen) atoms. The maximum atomic E-state index is 12.8. The number of carbonyl (C=O) groups is 1. The highest BCUT2D eigenvalue weighted by Crippen LogP contribution is 2.25. The van der Waals surface area contributed by atoms with Gasteiger partial charge in [0.15, 0.2) is 5.82 Å². The molecule has 138 valence electrons. The molecule has 1 saturated heterocycles. The minimum absolute atomic E-state index is 0.0318. The monoisotopic (exact) mass is 426 g/mol. The van der Waals surface area contributed by atoms with Crippen molar-refractivity contribution in [1.82, 2.24) is 20.0 Å². The average Bonchev–Trinajstić information content (AvgIpc) is 3.36. The van der Waals surface area contributed by atoms with Gasteiger partial charge in [0, 0.05) is 41.4 Å². The number of hydrogen-bond acceptors (Lipinski definition) is 5. The number of aryl methyl sites for hydroxylation is 1. The van der Waals surface area contributed by atoms with Crippen LogP contribution < -0.4 is 0 Å². The Morgan fingerprint density at radius 1 is 1.26 bits per heavy atom. The quantitative estimate of drug-likeness (QED) is 0.612. The summed E-state index contributed by atoms with van der Waals surface area (Å²) in [7, 11) is 0. The lowest BCUT2D eigenvalue weighted by atomic mass is 10.1. The van der Waals surface area contributed by atoms with Gasteiger partial charge < -0.3 is 9.42 Å². The number of benzene rings is 1. The molecule has 3 aromatic rings. The third-order valence-corrected chi connectivity index (χ3v) is 5.21. The standard InChI is InChI=1S/C20H19BrN4O2/c21-16-11-15(12-22-13-16)20(26)25-10-4-7-17(25)8-9-18-23-19(27-24-18)14-5-2-1-3-6-14/h1-3,5-6,11-13,17H,4,7-10H2. The van der Waals surface area contributed by atoms with Crippen molar-refractivity contribution in [3.8, 4) is 11.5 Å². The lowest BCUT2D eigenvalue weighted by Crippen LogP contribution is -2.36. The molecule has 0 aliphatic carbocycles. The minimum Gasteiger partial charge on any atom is -0.336 e. The van der Waals surface area contributed by atoms with Crippen LogP contribution in [0, 0.1) is 0 Å². The van der Waals surface area contributed by atoms with Gasteiger partial charge in [-0.2, -0.15) is 4.98 Å². The van der Waals surface area contributed by atoms with Gasteiger partial charge in [0.05, 0.1) is 5.56 Å². The van der Waals surface area contributed by atoms with Crippen molar-refractivity contribution in [3.05, 3.63) is 64.7 Å². The Balaban J connectivity index is 1.40. The maximum absolute atomic E-state index is 12.8. The van der Waals surface area contributed by atoms with Gasteiger partial charge in [-0.25, -0.2) is 0 Å². The van der Waals surface area contributed by atoms with E-state index < -0.39 is 0 Å². The molecule has 4 rings (SSSR count). The molecule has 0 saturated carbocycles. The van der Waals surface area contributed by atoms with E-state index in [4.69, 9.17) is 4.52 Å². The van der Waals surface area contributed by atoms with Crippen LogP contribution in [0.4, 0.5) is 0 Å². The number of nitrogens with zero attached hydrogens (tertiary/aromatic N) is 4. The first-order chi connectivity index (χ1) is 13.2. The van der Waals surface area contributed by atoms with E-state index in [9.17, 15) is 4.79 Å². The van der Waals surface area contributed by atoms with Crippen LogP contribution in [0.5, 0.6) is 0 Å². The summed E-state index contributed by atoms with van der Waals surface area (Å²) in [5.74, 6) is 1.24. The number of rotatable bonds is 5. The fourth-order valence-corrected chi connectivity index (χ4v) is 3.81. The molecule has 6 nitrogen and oxygen atoms in total. The summed E-state index contributed by atoms with van der Waals surface area (Å²) in [4.78, 5) is 23.4. The van der Waals surface area contributed by atoms with E-state index >= 15 is 0 Å². The smallest absolute Gasteiger partial charge is 0.257 e. The molecule has 1 aromatic carbocycles. The van der Waals surface area contributed by atoms with Crippen molar-refractivity contribution in [3.63, 3.8) is 0 Å². The Morgan fingerprint density at radius 2 is 2.11 bits per heavy atom. The van der Waals surface area contributed by atoms with Gasteiger partial charge in [0.1, 0.15) is 0 Å². The molecule has 3 heterocycles. The summed E-state index contributed by atoms with van der Waals surface area (Å²) in [6.07, 6.45) is 6.81. The zero-order valence-electron chi connectivity index (χ0n) is 14.7. The first-order valence-corrected chi connectivity index (χ1v) is 9.79.